The summed E-state index contributed by atoms with van der Waals surface area (Å²) < 4.78 is 26.7. The highest BCUT2D eigenvalue weighted by molar-refractivity contribution is 7.90. The fourth-order valence-electron chi connectivity index (χ4n) is 2.23. The largest absolute Gasteiger partial charge is 0.355 e. The molecular formula is C14H18N2O3S. The van der Waals surface area contributed by atoms with Crippen molar-refractivity contribution < 1.29 is 13.2 Å². The molecule has 1 aliphatic rings. The highest BCUT2D eigenvalue weighted by Gasteiger charge is 2.35. The second-order valence-electron chi connectivity index (χ2n) is 4.70. The van der Waals surface area contributed by atoms with E-state index in [0.29, 0.717) is 19.4 Å². The van der Waals surface area contributed by atoms with Gasteiger partial charge in [0.25, 0.3) is 0 Å². The summed E-state index contributed by atoms with van der Waals surface area (Å²) in [7, 11) is -3.63. The first kappa shape index (κ1) is 14.7. The molecule has 1 heterocycles. The Hall–Kier alpha value is -1.66. The molecule has 1 fully saturated rings. The summed E-state index contributed by atoms with van der Waals surface area (Å²) in [6.07, 6.45) is 2.78. The van der Waals surface area contributed by atoms with E-state index in [1.54, 1.807) is 6.08 Å². The molecule has 2 rings (SSSR count). The molecule has 1 aromatic carbocycles. The van der Waals surface area contributed by atoms with Gasteiger partial charge >= 0.3 is 0 Å². The quantitative estimate of drug-likeness (QED) is 0.759. The number of hydrogen-bond donors (Lipinski definition) is 2. The number of sulfonamides is 1. The maximum Gasteiger partial charge on any atom is 0.239 e. The molecule has 0 aliphatic carbocycles. The van der Waals surface area contributed by atoms with Crippen LogP contribution in [0.3, 0.4) is 0 Å². The first-order valence-electron chi connectivity index (χ1n) is 6.48. The van der Waals surface area contributed by atoms with Gasteiger partial charge in [-0.1, -0.05) is 30.3 Å². The number of carbonyl (C=O) groups is 1. The van der Waals surface area contributed by atoms with Crippen LogP contribution in [0.4, 0.5) is 0 Å². The third kappa shape index (κ3) is 3.26. The fraction of sp³-hybridized carbons (Fsp3) is 0.357. The minimum Gasteiger partial charge on any atom is -0.355 e. The SMILES string of the molecule is C=CCc1ccccc1CNS(=O)(=O)C1CCNC1=O. The van der Waals surface area contributed by atoms with Crippen LogP contribution < -0.4 is 10.0 Å². The summed E-state index contributed by atoms with van der Waals surface area (Å²) in [5.41, 5.74) is 1.93. The lowest BCUT2D eigenvalue weighted by atomic mass is 10.1. The molecule has 1 amide bonds. The number of allylic oxidation sites excluding steroid dienone is 1. The van der Waals surface area contributed by atoms with E-state index < -0.39 is 21.2 Å². The number of benzene rings is 1. The van der Waals surface area contributed by atoms with E-state index in [-0.39, 0.29) is 6.54 Å². The van der Waals surface area contributed by atoms with E-state index in [4.69, 9.17) is 0 Å². The molecule has 2 N–H and O–H groups in total. The number of rotatable bonds is 6. The van der Waals surface area contributed by atoms with Gasteiger partial charge in [-0.2, -0.15) is 0 Å². The van der Waals surface area contributed by atoms with E-state index in [2.05, 4.69) is 16.6 Å². The van der Waals surface area contributed by atoms with Crippen LogP contribution in [0.2, 0.25) is 0 Å². The predicted molar refractivity (Wildman–Crippen MR) is 77.5 cm³/mol. The van der Waals surface area contributed by atoms with Gasteiger partial charge in [0.1, 0.15) is 0 Å². The lowest BCUT2D eigenvalue weighted by Gasteiger charge is -2.12. The van der Waals surface area contributed by atoms with Crippen LogP contribution >= 0.6 is 0 Å². The minimum absolute atomic E-state index is 0.191. The van der Waals surface area contributed by atoms with Crippen LogP contribution in [0.5, 0.6) is 0 Å². The first-order valence-corrected chi connectivity index (χ1v) is 8.03. The summed E-state index contributed by atoms with van der Waals surface area (Å²) in [6.45, 7) is 4.29. The van der Waals surface area contributed by atoms with Gasteiger partial charge in [-0.15, -0.1) is 6.58 Å². The van der Waals surface area contributed by atoms with Crippen molar-refractivity contribution in [3.8, 4) is 0 Å². The molecule has 1 atom stereocenters. The van der Waals surface area contributed by atoms with Crippen molar-refractivity contribution in [2.75, 3.05) is 6.54 Å². The molecule has 5 nitrogen and oxygen atoms in total. The van der Waals surface area contributed by atoms with E-state index in [0.717, 1.165) is 11.1 Å². The van der Waals surface area contributed by atoms with Crippen molar-refractivity contribution in [3.05, 3.63) is 48.0 Å². The second kappa shape index (κ2) is 6.19. The maximum atomic E-state index is 12.1. The summed E-state index contributed by atoms with van der Waals surface area (Å²) >= 11 is 0. The number of hydrogen-bond acceptors (Lipinski definition) is 3. The second-order valence-corrected chi connectivity index (χ2v) is 6.64. The lowest BCUT2D eigenvalue weighted by Crippen LogP contribution is -2.38. The zero-order chi connectivity index (χ0) is 14.6. The van der Waals surface area contributed by atoms with Crippen LogP contribution in [0.15, 0.2) is 36.9 Å². The van der Waals surface area contributed by atoms with Gasteiger partial charge in [0, 0.05) is 13.1 Å². The molecule has 0 aromatic heterocycles. The van der Waals surface area contributed by atoms with Crippen molar-refractivity contribution in [3.63, 3.8) is 0 Å². The van der Waals surface area contributed by atoms with Crippen LogP contribution in [-0.4, -0.2) is 26.1 Å². The maximum absolute atomic E-state index is 12.1. The average molecular weight is 294 g/mol. The van der Waals surface area contributed by atoms with Crippen molar-refractivity contribution in [1.82, 2.24) is 10.0 Å². The zero-order valence-corrected chi connectivity index (χ0v) is 11.9. The molecular weight excluding hydrogens is 276 g/mol. The highest BCUT2D eigenvalue weighted by atomic mass is 32.2. The van der Waals surface area contributed by atoms with Crippen LogP contribution in [0.25, 0.3) is 0 Å². The number of carbonyl (C=O) groups excluding carboxylic acids is 1. The Balaban J connectivity index is 2.08. The Bertz CT molecular complexity index is 611. The molecule has 0 saturated carbocycles. The van der Waals surface area contributed by atoms with Crippen molar-refractivity contribution in [2.24, 2.45) is 0 Å². The van der Waals surface area contributed by atoms with Crippen LogP contribution in [-0.2, 0) is 27.8 Å². The monoisotopic (exact) mass is 294 g/mol. The van der Waals surface area contributed by atoms with Gasteiger partial charge in [-0.3, -0.25) is 4.79 Å². The van der Waals surface area contributed by atoms with Gasteiger partial charge in [0.15, 0.2) is 5.25 Å². The summed E-state index contributed by atoms with van der Waals surface area (Å²) in [4.78, 5) is 11.5. The highest BCUT2D eigenvalue weighted by Crippen LogP contribution is 2.13. The van der Waals surface area contributed by atoms with Crippen molar-refractivity contribution in [2.45, 2.75) is 24.6 Å². The molecule has 1 unspecified atom stereocenters. The Morgan fingerprint density at radius 1 is 1.35 bits per heavy atom. The van der Waals surface area contributed by atoms with Gasteiger partial charge in [-0.05, 0) is 24.0 Å². The molecule has 0 bridgehead atoms. The molecule has 6 heteroatoms. The van der Waals surface area contributed by atoms with Gasteiger partial charge in [0.05, 0.1) is 0 Å². The van der Waals surface area contributed by atoms with Gasteiger partial charge < -0.3 is 5.32 Å². The zero-order valence-electron chi connectivity index (χ0n) is 11.1. The topological polar surface area (TPSA) is 75.3 Å². The predicted octanol–water partition coefficient (Wildman–Crippen LogP) is 0.723. The van der Waals surface area contributed by atoms with Gasteiger partial charge in [-0.25, -0.2) is 13.1 Å². The van der Waals surface area contributed by atoms with E-state index >= 15 is 0 Å². The van der Waals surface area contributed by atoms with Crippen LogP contribution in [0, 0.1) is 0 Å². The molecule has 0 spiro atoms. The van der Waals surface area contributed by atoms with E-state index in [9.17, 15) is 13.2 Å². The summed E-state index contributed by atoms with van der Waals surface area (Å²) in [5.74, 6) is -0.420. The van der Waals surface area contributed by atoms with Crippen molar-refractivity contribution in [1.29, 1.82) is 0 Å². The van der Waals surface area contributed by atoms with Gasteiger partial charge in [0.2, 0.25) is 15.9 Å². The van der Waals surface area contributed by atoms with E-state index in [1.165, 1.54) is 0 Å². The molecule has 20 heavy (non-hydrogen) atoms. The number of nitrogens with one attached hydrogen (secondary N) is 2. The first-order chi connectivity index (χ1) is 9.54. The Labute approximate surface area is 119 Å². The third-order valence-electron chi connectivity index (χ3n) is 3.32. The smallest absolute Gasteiger partial charge is 0.239 e. The summed E-state index contributed by atoms with van der Waals surface area (Å²) in [5, 5.41) is 1.56. The molecule has 0 radical (unpaired) electrons. The molecule has 1 aromatic rings. The number of amides is 1. The third-order valence-corrected chi connectivity index (χ3v) is 5.06. The minimum atomic E-state index is -3.63. The normalized spacial score (nSPS) is 18.8. The summed E-state index contributed by atoms with van der Waals surface area (Å²) in [6, 6.07) is 7.57. The van der Waals surface area contributed by atoms with E-state index in [1.807, 2.05) is 24.3 Å². The Morgan fingerprint density at radius 2 is 2.05 bits per heavy atom. The fourth-order valence-corrected chi connectivity index (χ4v) is 3.58. The lowest BCUT2D eigenvalue weighted by molar-refractivity contribution is -0.118. The Kier molecular flexibility index (Phi) is 4.57. The molecule has 108 valence electrons. The standard InChI is InChI=1S/C14H18N2O3S/c1-2-5-11-6-3-4-7-12(11)10-16-20(18,19)13-8-9-15-14(13)17/h2-4,6-7,13,16H,1,5,8-10H2,(H,15,17). The average Bonchev–Trinajstić information content (AvgIpc) is 2.85. The van der Waals surface area contributed by atoms with Crippen LogP contribution in [0.1, 0.15) is 17.5 Å². The molecule has 1 aliphatic heterocycles. The Morgan fingerprint density at radius 3 is 2.65 bits per heavy atom. The molecule has 1 saturated heterocycles. The van der Waals surface area contributed by atoms with Crippen molar-refractivity contribution >= 4 is 15.9 Å².